The molecule has 16 heavy (non-hydrogen) atoms. The van der Waals surface area contributed by atoms with Crippen LogP contribution < -0.4 is 4.74 Å². The molecule has 0 spiro atoms. The number of aliphatic hydroxyl groups is 1. The molecule has 0 bridgehead atoms. The van der Waals surface area contributed by atoms with E-state index in [2.05, 4.69) is 4.74 Å². The predicted molar refractivity (Wildman–Crippen MR) is 57.1 cm³/mol. The minimum absolute atomic E-state index is 0.167. The molecule has 2 rings (SSSR count). The van der Waals surface area contributed by atoms with E-state index in [0.717, 1.165) is 0 Å². The van der Waals surface area contributed by atoms with Crippen molar-refractivity contribution in [1.29, 1.82) is 0 Å². The van der Waals surface area contributed by atoms with Crippen LogP contribution in [-0.4, -0.2) is 17.4 Å². The van der Waals surface area contributed by atoms with Crippen LogP contribution in [0.1, 0.15) is 0 Å². The largest absolute Gasteiger partial charge is 0.448 e. The second-order valence-electron chi connectivity index (χ2n) is 2.99. The van der Waals surface area contributed by atoms with Crippen molar-refractivity contribution < 1.29 is 19.4 Å². The number of hydrogen-bond acceptors (Lipinski definition) is 4. The van der Waals surface area contributed by atoms with Crippen molar-refractivity contribution in [2.45, 2.75) is 6.29 Å². The van der Waals surface area contributed by atoms with Crippen LogP contribution in [-0.2, 0) is 9.53 Å². The van der Waals surface area contributed by atoms with Crippen LogP contribution in [0, 0.1) is 0 Å². The Morgan fingerprint density at radius 3 is 2.38 bits per heavy atom. The fraction of sp³-hybridized carbons (Fsp3) is 0.100. The fourth-order valence-electron chi connectivity index (χ4n) is 1.13. The third-order valence-electron chi connectivity index (χ3n) is 1.87. The smallest absolute Gasteiger partial charge is 0.378 e. The summed E-state index contributed by atoms with van der Waals surface area (Å²) in [6, 6.07) is 6.33. The zero-order valence-corrected chi connectivity index (χ0v) is 9.33. The molecule has 0 aromatic heterocycles. The number of halogens is 2. The van der Waals surface area contributed by atoms with Gasteiger partial charge in [-0.3, -0.25) is 0 Å². The Kier molecular flexibility index (Phi) is 3.05. The molecule has 1 N–H and O–H groups in total. The number of cyclic esters (lactones) is 1. The summed E-state index contributed by atoms with van der Waals surface area (Å²) in [4.78, 5) is 11.2. The van der Waals surface area contributed by atoms with Gasteiger partial charge in [-0.2, -0.15) is 0 Å². The predicted octanol–water partition coefficient (Wildman–Crippen LogP) is 2.04. The fourth-order valence-corrected chi connectivity index (χ4v) is 1.41. The van der Waals surface area contributed by atoms with Gasteiger partial charge in [0.25, 0.3) is 0 Å². The van der Waals surface area contributed by atoms with Crippen LogP contribution in [0.15, 0.2) is 35.1 Å². The highest BCUT2D eigenvalue weighted by Gasteiger charge is 2.34. The first-order chi connectivity index (χ1) is 7.58. The second kappa shape index (κ2) is 4.33. The van der Waals surface area contributed by atoms with Gasteiger partial charge in [-0.05, 0) is 24.3 Å². The standard InChI is InChI=1S/C10H6Cl2O4/c11-5-1-3-6(4-2-5)15-8-7(12)9(13)16-10(8)14/h1-4,9,13H. The maximum Gasteiger partial charge on any atom is 0.378 e. The second-order valence-corrected chi connectivity index (χ2v) is 3.83. The molecule has 0 saturated heterocycles. The molecule has 0 amide bonds. The van der Waals surface area contributed by atoms with Crippen LogP contribution >= 0.6 is 23.2 Å². The molecule has 6 heteroatoms. The highest BCUT2D eigenvalue weighted by molar-refractivity contribution is 6.32. The molecule has 0 fully saturated rings. The first-order valence-electron chi connectivity index (χ1n) is 4.30. The Bertz CT molecular complexity index is 452. The van der Waals surface area contributed by atoms with Gasteiger partial charge in [0.1, 0.15) is 10.8 Å². The lowest BCUT2D eigenvalue weighted by molar-refractivity contribution is -0.153. The summed E-state index contributed by atoms with van der Waals surface area (Å²) in [5.41, 5.74) is 0. The Balaban J connectivity index is 2.22. The van der Waals surface area contributed by atoms with Crippen LogP contribution in [0.25, 0.3) is 0 Å². The van der Waals surface area contributed by atoms with E-state index >= 15 is 0 Å². The molecule has 1 atom stereocenters. The van der Waals surface area contributed by atoms with Gasteiger partial charge in [-0.25, -0.2) is 4.79 Å². The summed E-state index contributed by atoms with van der Waals surface area (Å²) >= 11 is 11.3. The number of ether oxygens (including phenoxy) is 2. The average Bonchev–Trinajstić information content (AvgIpc) is 2.48. The van der Waals surface area contributed by atoms with Crippen molar-refractivity contribution >= 4 is 29.2 Å². The van der Waals surface area contributed by atoms with Gasteiger partial charge >= 0.3 is 5.97 Å². The van der Waals surface area contributed by atoms with Gasteiger partial charge in [0.2, 0.25) is 12.0 Å². The average molecular weight is 261 g/mol. The van der Waals surface area contributed by atoms with E-state index in [4.69, 9.17) is 33.0 Å². The summed E-state index contributed by atoms with van der Waals surface area (Å²) in [7, 11) is 0. The van der Waals surface area contributed by atoms with Crippen LogP contribution in [0.2, 0.25) is 5.02 Å². The van der Waals surface area contributed by atoms with Gasteiger partial charge in [0.15, 0.2) is 0 Å². The van der Waals surface area contributed by atoms with E-state index in [1.165, 1.54) is 0 Å². The van der Waals surface area contributed by atoms with E-state index in [9.17, 15) is 4.79 Å². The zero-order chi connectivity index (χ0) is 11.7. The van der Waals surface area contributed by atoms with Crippen LogP contribution in [0.4, 0.5) is 0 Å². The van der Waals surface area contributed by atoms with Crippen molar-refractivity contribution in [1.82, 2.24) is 0 Å². The number of aliphatic hydroxyl groups excluding tert-OH is 1. The summed E-state index contributed by atoms with van der Waals surface area (Å²) in [5, 5.41) is 9.50. The molecular weight excluding hydrogens is 255 g/mol. The Hall–Kier alpha value is -1.23. The number of carbonyl (C=O) groups is 1. The minimum Gasteiger partial charge on any atom is -0.448 e. The topological polar surface area (TPSA) is 55.8 Å². The third kappa shape index (κ3) is 2.14. The normalized spacial score (nSPS) is 19.9. The van der Waals surface area contributed by atoms with Gasteiger partial charge in [-0.15, -0.1) is 0 Å². The monoisotopic (exact) mass is 260 g/mol. The van der Waals surface area contributed by atoms with Crippen molar-refractivity contribution in [3.8, 4) is 5.75 Å². The molecule has 1 aromatic carbocycles. The quantitative estimate of drug-likeness (QED) is 0.827. The summed E-state index contributed by atoms with van der Waals surface area (Å²) in [6.45, 7) is 0. The molecule has 0 saturated carbocycles. The van der Waals surface area contributed by atoms with Crippen molar-refractivity contribution in [3.05, 3.63) is 40.1 Å². The van der Waals surface area contributed by atoms with Gasteiger partial charge in [-0.1, -0.05) is 23.2 Å². The lowest BCUT2D eigenvalue weighted by Gasteiger charge is -2.03. The van der Waals surface area contributed by atoms with E-state index in [1.54, 1.807) is 24.3 Å². The Morgan fingerprint density at radius 2 is 1.88 bits per heavy atom. The SMILES string of the molecule is O=C1OC(O)C(Cl)=C1Oc1ccc(Cl)cc1. The first kappa shape index (κ1) is 11.3. The van der Waals surface area contributed by atoms with Crippen molar-refractivity contribution in [2.24, 2.45) is 0 Å². The van der Waals surface area contributed by atoms with E-state index in [0.29, 0.717) is 10.8 Å². The lowest BCUT2D eigenvalue weighted by Crippen LogP contribution is -2.08. The number of carbonyl (C=O) groups excluding carboxylic acids is 1. The zero-order valence-electron chi connectivity index (χ0n) is 7.81. The maximum absolute atomic E-state index is 11.2. The van der Waals surface area contributed by atoms with Gasteiger partial charge < -0.3 is 14.6 Å². The maximum atomic E-state index is 11.2. The van der Waals surface area contributed by atoms with Crippen molar-refractivity contribution in [3.63, 3.8) is 0 Å². The van der Waals surface area contributed by atoms with Gasteiger partial charge in [0.05, 0.1) is 0 Å². The number of hydrogen-bond donors (Lipinski definition) is 1. The highest BCUT2D eigenvalue weighted by atomic mass is 35.5. The van der Waals surface area contributed by atoms with Crippen LogP contribution in [0.5, 0.6) is 5.75 Å². The molecule has 0 aliphatic carbocycles. The molecule has 0 radical (unpaired) electrons. The molecule has 1 heterocycles. The first-order valence-corrected chi connectivity index (χ1v) is 5.05. The molecule has 84 valence electrons. The summed E-state index contributed by atoms with van der Waals surface area (Å²) < 4.78 is 9.62. The minimum atomic E-state index is -1.45. The van der Waals surface area contributed by atoms with E-state index in [-0.39, 0.29) is 10.8 Å². The number of esters is 1. The summed E-state index contributed by atoms with van der Waals surface area (Å²) in [5.74, 6) is -0.632. The summed E-state index contributed by atoms with van der Waals surface area (Å²) in [6.07, 6.45) is -1.45. The van der Waals surface area contributed by atoms with Crippen LogP contribution in [0.3, 0.4) is 0 Å². The molecule has 1 unspecified atom stereocenters. The van der Waals surface area contributed by atoms with Gasteiger partial charge in [0, 0.05) is 5.02 Å². The number of benzene rings is 1. The third-order valence-corrected chi connectivity index (χ3v) is 2.48. The Morgan fingerprint density at radius 1 is 1.25 bits per heavy atom. The Labute approximate surface area is 101 Å². The number of rotatable bonds is 2. The molecule has 4 nitrogen and oxygen atoms in total. The highest BCUT2D eigenvalue weighted by Crippen LogP contribution is 2.27. The molecular formula is C10H6Cl2O4. The molecule has 1 aliphatic rings. The lowest BCUT2D eigenvalue weighted by atomic mass is 10.3. The van der Waals surface area contributed by atoms with Crippen molar-refractivity contribution in [2.75, 3.05) is 0 Å². The van der Waals surface area contributed by atoms with E-state index in [1.807, 2.05) is 0 Å². The molecule has 1 aliphatic heterocycles. The van der Waals surface area contributed by atoms with E-state index < -0.39 is 12.3 Å². The molecule has 1 aromatic rings.